The molecule has 25 heavy (non-hydrogen) atoms. The third-order valence-corrected chi connectivity index (χ3v) is 3.97. The molecule has 0 bridgehead atoms. The average Bonchev–Trinajstić information content (AvgIpc) is 3.20. The van der Waals surface area contributed by atoms with Crippen molar-refractivity contribution in [1.29, 1.82) is 0 Å². The van der Waals surface area contributed by atoms with E-state index in [1.807, 2.05) is 42.5 Å². The van der Waals surface area contributed by atoms with E-state index >= 15 is 0 Å². The number of hydrogen-bond donors (Lipinski definition) is 2. The summed E-state index contributed by atoms with van der Waals surface area (Å²) in [6.07, 6.45) is 2.18. The van der Waals surface area contributed by atoms with Crippen molar-refractivity contribution in [3.05, 3.63) is 72.1 Å². The highest BCUT2D eigenvalue weighted by atomic mass is 16.3. The molecule has 0 spiro atoms. The van der Waals surface area contributed by atoms with Crippen LogP contribution in [0.1, 0.15) is 15.9 Å². The third kappa shape index (κ3) is 4.30. The topological polar surface area (TPSA) is 82.1 Å². The number of benzene rings is 2. The largest absolute Gasteiger partial charge is 0.395 e. The monoisotopic (exact) mass is 336 g/mol. The highest BCUT2D eigenvalue weighted by Crippen LogP contribution is 2.17. The fourth-order valence-electron chi connectivity index (χ4n) is 2.67. The highest BCUT2D eigenvalue weighted by Gasteiger charge is 2.16. The van der Waals surface area contributed by atoms with Crippen molar-refractivity contribution in [1.82, 2.24) is 20.1 Å². The number of aliphatic hydroxyl groups is 1. The number of H-pyrrole nitrogens is 1. The Balaban J connectivity index is 1.75. The number of nitrogens with one attached hydrogen (secondary N) is 1. The first-order valence-corrected chi connectivity index (χ1v) is 8.18. The Morgan fingerprint density at radius 1 is 1.08 bits per heavy atom. The van der Waals surface area contributed by atoms with Crippen molar-refractivity contribution in [2.45, 2.75) is 6.42 Å². The third-order valence-electron chi connectivity index (χ3n) is 3.97. The van der Waals surface area contributed by atoms with Gasteiger partial charge >= 0.3 is 0 Å². The fourth-order valence-corrected chi connectivity index (χ4v) is 2.67. The highest BCUT2D eigenvalue weighted by molar-refractivity contribution is 5.95. The van der Waals surface area contributed by atoms with Crippen molar-refractivity contribution >= 4 is 5.91 Å². The molecule has 0 aliphatic heterocycles. The summed E-state index contributed by atoms with van der Waals surface area (Å²) in [4.78, 5) is 18.6. The number of carbonyl (C=O) groups excluding carboxylic acids is 1. The summed E-state index contributed by atoms with van der Waals surface area (Å²) < 4.78 is 0. The van der Waals surface area contributed by atoms with Gasteiger partial charge in [0.2, 0.25) is 0 Å². The van der Waals surface area contributed by atoms with Crippen LogP contribution in [-0.4, -0.2) is 50.8 Å². The van der Waals surface area contributed by atoms with Gasteiger partial charge in [-0.15, -0.1) is 0 Å². The molecule has 0 fully saturated rings. The second kappa shape index (κ2) is 8.21. The second-order valence-electron chi connectivity index (χ2n) is 5.67. The summed E-state index contributed by atoms with van der Waals surface area (Å²) in [5, 5.41) is 15.9. The van der Waals surface area contributed by atoms with Crippen LogP contribution in [-0.2, 0) is 6.42 Å². The molecular formula is C19H20N4O2. The van der Waals surface area contributed by atoms with Crippen molar-refractivity contribution in [2.75, 3.05) is 19.7 Å². The van der Waals surface area contributed by atoms with E-state index in [-0.39, 0.29) is 12.5 Å². The molecule has 0 saturated carbocycles. The molecule has 1 amide bonds. The molecule has 3 aromatic rings. The van der Waals surface area contributed by atoms with Gasteiger partial charge in [0.25, 0.3) is 5.91 Å². The Bertz CT molecular complexity index is 803. The number of nitrogens with zero attached hydrogens (tertiary/aromatic N) is 3. The van der Waals surface area contributed by atoms with E-state index in [2.05, 4.69) is 15.2 Å². The minimum atomic E-state index is -0.105. The lowest BCUT2D eigenvalue weighted by atomic mass is 10.1. The predicted octanol–water partition coefficient (Wildman–Crippen LogP) is 2.15. The normalized spacial score (nSPS) is 10.6. The molecular weight excluding hydrogens is 316 g/mol. The van der Waals surface area contributed by atoms with E-state index < -0.39 is 0 Å². The Hall–Kier alpha value is -2.99. The van der Waals surface area contributed by atoms with Gasteiger partial charge in [-0.25, -0.2) is 4.98 Å². The number of aromatic nitrogens is 3. The SMILES string of the molecule is O=C(c1cccc(-c2ncn[nH]2)c1)N(CCO)CCc1ccccc1. The van der Waals surface area contributed by atoms with Crippen molar-refractivity contribution < 1.29 is 9.90 Å². The average molecular weight is 336 g/mol. The minimum absolute atomic E-state index is 0.0671. The number of carbonyl (C=O) groups is 1. The van der Waals surface area contributed by atoms with Gasteiger partial charge in [0.1, 0.15) is 6.33 Å². The van der Waals surface area contributed by atoms with E-state index in [1.165, 1.54) is 6.33 Å². The van der Waals surface area contributed by atoms with E-state index in [0.717, 1.165) is 17.5 Å². The zero-order valence-corrected chi connectivity index (χ0v) is 13.8. The van der Waals surface area contributed by atoms with Crippen LogP contribution in [0.25, 0.3) is 11.4 Å². The van der Waals surface area contributed by atoms with Crippen LogP contribution >= 0.6 is 0 Å². The van der Waals surface area contributed by atoms with Gasteiger partial charge in [-0.2, -0.15) is 5.10 Å². The molecule has 0 aliphatic carbocycles. The van der Waals surface area contributed by atoms with E-state index in [4.69, 9.17) is 0 Å². The molecule has 0 atom stereocenters. The van der Waals surface area contributed by atoms with Crippen molar-refractivity contribution in [3.63, 3.8) is 0 Å². The molecule has 6 nitrogen and oxygen atoms in total. The molecule has 0 unspecified atom stereocenters. The smallest absolute Gasteiger partial charge is 0.253 e. The number of aromatic amines is 1. The Labute approximate surface area is 146 Å². The molecule has 0 radical (unpaired) electrons. The number of amides is 1. The van der Waals surface area contributed by atoms with E-state index in [1.54, 1.807) is 17.0 Å². The molecule has 2 aromatic carbocycles. The van der Waals surface area contributed by atoms with Crippen molar-refractivity contribution in [3.8, 4) is 11.4 Å². The Morgan fingerprint density at radius 2 is 1.92 bits per heavy atom. The maximum Gasteiger partial charge on any atom is 0.253 e. The maximum atomic E-state index is 12.8. The van der Waals surface area contributed by atoms with Crippen LogP contribution in [0.15, 0.2) is 60.9 Å². The van der Waals surface area contributed by atoms with Gasteiger partial charge in [0, 0.05) is 24.2 Å². The van der Waals surface area contributed by atoms with Crippen LogP contribution in [0, 0.1) is 0 Å². The first-order valence-electron chi connectivity index (χ1n) is 8.18. The molecule has 2 N–H and O–H groups in total. The molecule has 128 valence electrons. The summed E-state index contributed by atoms with van der Waals surface area (Å²) >= 11 is 0. The van der Waals surface area contributed by atoms with E-state index in [0.29, 0.717) is 24.5 Å². The molecule has 1 aromatic heterocycles. The molecule has 6 heteroatoms. The van der Waals surface area contributed by atoms with Gasteiger partial charge in [0.15, 0.2) is 5.82 Å². The van der Waals surface area contributed by atoms with Crippen LogP contribution < -0.4 is 0 Å². The summed E-state index contributed by atoms with van der Waals surface area (Å²) in [6, 6.07) is 17.2. The number of hydrogen-bond acceptors (Lipinski definition) is 4. The summed E-state index contributed by atoms with van der Waals surface area (Å²) in [7, 11) is 0. The minimum Gasteiger partial charge on any atom is -0.395 e. The maximum absolute atomic E-state index is 12.8. The summed E-state index contributed by atoms with van der Waals surface area (Å²) in [5.41, 5.74) is 2.53. The lowest BCUT2D eigenvalue weighted by Gasteiger charge is -2.22. The fraction of sp³-hybridized carbons (Fsp3) is 0.211. The zero-order chi connectivity index (χ0) is 17.5. The summed E-state index contributed by atoms with van der Waals surface area (Å²) in [6.45, 7) is 0.788. The lowest BCUT2D eigenvalue weighted by Crippen LogP contribution is -2.35. The van der Waals surface area contributed by atoms with Crippen LogP contribution in [0.4, 0.5) is 0 Å². The first kappa shape index (κ1) is 16.9. The van der Waals surface area contributed by atoms with Gasteiger partial charge in [-0.05, 0) is 24.1 Å². The van der Waals surface area contributed by atoms with Gasteiger partial charge < -0.3 is 10.0 Å². The molecule has 0 aliphatic rings. The van der Waals surface area contributed by atoms with Gasteiger partial charge in [0.05, 0.1) is 6.61 Å². The Morgan fingerprint density at radius 3 is 2.64 bits per heavy atom. The molecule has 3 rings (SSSR count). The van der Waals surface area contributed by atoms with E-state index in [9.17, 15) is 9.90 Å². The van der Waals surface area contributed by atoms with Gasteiger partial charge in [-0.1, -0.05) is 42.5 Å². The molecule has 1 heterocycles. The van der Waals surface area contributed by atoms with Gasteiger partial charge in [-0.3, -0.25) is 9.89 Å². The standard InChI is InChI=1S/C19H20N4O2/c24-12-11-23(10-9-15-5-2-1-3-6-15)19(25)17-8-4-7-16(13-17)18-20-14-21-22-18/h1-8,13-14,24H,9-12H2,(H,20,21,22). The first-order chi connectivity index (χ1) is 12.3. The second-order valence-corrected chi connectivity index (χ2v) is 5.67. The van der Waals surface area contributed by atoms with Crippen LogP contribution in [0.3, 0.4) is 0 Å². The number of rotatable bonds is 7. The lowest BCUT2D eigenvalue weighted by molar-refractivity contribution is 0.0724. The zero-order valence-electron chi connectivity index (χ0n) is 13.8. The number of aliphatic hydroxyl groups excluding tert-OH is 1. The van der Waals surface area contributed by atoms with Crippen molar-refractivity contribution in [2.24, 2.45) is 0 Å². The quantitative estimate of drug-likeness (QED) is 0.693. The predicted molar refractivity (Wildman–Crippen MR) is 95.0 cm³/mol. The molecule has 0 saturated heterocycles. The van der Waals surface area contributed by atoms with Crippen LogP contribution in [0.2, 0.25) is 0 Å². The summed E-state index contributed by atoms with van der Waals surface area (Å²) in [5.74, 6) is 0.513. The van der Waals surface area contributed by atoms with Crippen LogP contribution in [0.5, 0.6) is 0 Å². The Kier molecular flexibility index (Phi) is 5.53.